The van der Waals surface area contributed by atoms with E-state index in [2.05, 4.69) is 29.6 Å². The highest BCUT2D eigenvalue weighted by atomic mass is 16.6. The number of hydrogen-bond acceptors (Lipinski definition) is 5. The summed E-state index contributed by atoms with van der Waals surface area (Å²) >= 11 is 0. The molecule has 1 amide bonds. The molecule has 2 aromatic carbocycles. The lowest BCUT2D eigenvalue weighted by Crippen LogP contribution is -2.69. The largest absolute Gasteiger partial charge is 0.469 e. The van der Waals surface area contributed by atoms with Crippen LogP contribution in [0.2, 0.25) is 0 Å². The third-order valence-corrected chi connectivity index (χ3v) is 7.06. The Morgan fingerprint density at radius 1 is 1.00 bits per heavy atom. The molecule has 4 rings (SSSR count). The van der Waals surface area contributed by atoms with Gasteiger partial charge in [0.2, 0.25) is 0 Å². The molecule has 0 unspecified atom stereocenters. The Hall–Kier alpha value is -2.90. The average Bonchev–Trinajstić information content (AvgIpc) is 3.09. The van der Waals surface area contributed by atoms with Crippen molar-refractivity contribution in [2.24, 2.45) is 5.92 Å². The van der Waals surface area contributed by atoms with Crippen LogP contribution in [0.5, 0.6) is 0 Å². The summed E-state index contributed by atoms with van der Waals surface area (Å²) in [6.45, 7) is 7.20. The minimum Gasteiger partial charge on any atom is -0.469 e. The zero-order chi connectivity index (χ0) is 24.0. The molecule has 175 valence electrons. The molecular weight excluding hydrogens is 420 g/mol. The van der Waals surface area contributed by atoms with E-state index in [1.807, 2.05) is 38.1 Å². The third kappa shape index (κ3) is 4.00. The molecule has 1 radical (unpaired) electrons. The van der Waals surface area contributed by atoms with E-state index < -0.39 is 35.1 Å². The Morgan fingerprint density at radius 3 is 2.09 bits per heavy atom. The van der Waals surface area contributed by atoms with Crippen LogP contribution in [0.15, 0.2) is 48.5 Å². The van der Waals surface area contributed by atoms with Crippen LogP contribution in [0.25, 0.3) is 11.1 Å². The molecule has 1 N–H and O–H groups in total. The number of rotatable bonds is 4. The number of ether oxygens (including phenoxy) is 2. The van der Waals surface area contributed by atoms with Gasteiger partial charge in [0.25, 0.3) is 0 Å². The van der Waals surface area contributed by atoms with E-state index in [9.17, 15) is 14.8 Å². The molecule has 0 spiro atoms. The second-order valence-electron chi connectivity index (χ2n) is 10.0. The van der Waals surface area contributed by atoms with Crippen LogP contribution in [0, 0.1) is 5.92 Å². The number of nitrogens with one attached hydrogen (secondary N) is 1. The maximum absolute atomic E-state index is 12.9. The molecule has 7 nitrogen and oxygen atoms in total. The van der Waals surface area contributed by atoms with Gasteiger partial charge in [-0.05, 0) is 56.4 Å². The number of amides is 1. The number of benzene rings is 2. The fourth-order valence-corrected chi connectivity index (χ4v) is 5.64. The van der Waals surface area contributed by atoms with Gasteiger partial charge in [-0.3, -0.25) is 4.79 Å². The van der Waals surface area contributed by atoms with Gasteiger partial charge < -0.3 is 14.8 Å². The first kappa shape index (κ1) is 23.3. The fourth-order valence-electron chi connectivity index (χ4n) is 5.64. The van der Waals surface area contributed by atoms with Crippen molar-refractivity contribution in [3.05, 3.63) is 59.7 Å². The molecule has 1 saturated heterocycles. The highest BCUT2D eigenvalue weighted by Gasteiger charge is 2.56. The molecule has 1 heterocycles. The number of fused-ring (bicyclic) bond motifs is 3. The van der Waals surface area contributed by atoms with E-state index in [1.54, 1.807) is 13.8 Å². The van der Waals surface area contributed by atoms with Crippen molar-refractivity contribution in [2.45, 2.75) is 57.2 Å². The smallest absolute Gasteiger partial charge is 0.407 e. The molecule has 1 aliphatic carbocycles. The van der Waals surface area contributed by atoms with Crippen LogP contribution in [0.3, 0.4) is 0 Å². The average molecular weight is 452 g/mol. The molecule has 2 aliphatic rings. The topological polar surface area (TPSA) is 87.8 Å². The first-order valence-corrected chi connectivity index (χ1v) is 11.2. The zero-order valence-corrected chi connectivity index (χ0v) is 19.8. The number of nitrogens with zero attached hydrogens (tertiary/aromatic N) is 1. The van der Waals surface area contributed by atoms with Crippen LogP contribution in [0.4, 0.5) is 4.79 Å². The quantitative estimate of drug-likeness (QED) is 0.701. The van der Waals surface area contributed by atoms with Gasteiger partial charge in [0, 0.05) is 17.5 Å². The number of hydrogen-bond donors (Lipinski definition) is 1. The van der Waals surface area contributed by atoms with Crippen LogP contribution < -0.4 is 5.32 Å². The van der Waals surface area contributed by atoms with Gasteiger partial charge in [-0.2, -0.15) is 0 Å². The number of carbonyl (C=O) groups is 2. The standard InChI is InChI=1S/C26H31N2O5/c1-25(2)14-21(22(23(29)32-5)26(3,4)28(25)31)27-24(30)33-15-20-18-12-8-6-10-16(18)17-11-7-9-13-19(17)20/h6-13,20-22H,14-15H2,1-5H3,(H,27,30)/t21-,22+/m1/s1. The molecule has 2 aromatic rings. The Balaban J connectivity index is 1.51. The van der Waals surface area contributed by atoms with Gasteiger partial charge in [0.15, 0.2) is 0 Å². The molecule has 0 aromatic heterocycles. The molecule has 1 aliphatic heterocycles. The SMILES string of the molecule is COC(=O)[C@@H]1[C@H](NC(=O)OCC2c3ccccc3-c3ccccc32)CC(C)(C)N([O])C1(C)C. The number of esters is 1. The summed E-state index contributed by atoms with van der Waals surface area (Å²) < 4.78 is 10.6. The Labute approximate surface area is 194 Å². The summed E-state index contributed by atoms with van der Waals surface area (Å²) in [6, 6.07) is 15.7. The number of hydroxylamine groups is 2. The van der Waals surface area contributed by atoms with Crippen LogP contribution in [0.1, 0.15) is 51.2 Å². The van der Waals surface area contributed by atoms with E-state index >= 15 is 0 Å². The van der Waals surface area contributed by atoms with Gasteiger partial charge in [-0.1, -0.05) is 48.5 Å². The highest BCUT2D eigenvalue weighted by molar-refractivity contribution is 5.79. The van der Waals surface area contributed by atoms with Crippen molar-refractivity contribution in [3.8, 4) is 11.1 Å². The minimum atomic E-state index is -1.06. The Kier molecular flexibility index (Phi) is 5.97. The molecule has 0 bridgehead atoms. The molecule has 2 atom stereocenters. The van der Waals surface area contributed by atoms with E-state index in [0.717, 1.165) is 27.3 Å². The summed E-state index contributed by atoms with van der Waals surface area (Å²) in [6.07, 6.45) is -0.314. The van der Waals surface area contributed by atoms with Crippen molar-refractivity contribution >= 4 is 12.1 Å². The highest BCUT2D eigenvalue weighted by Crippen LogP contribution is 2.45. The van der Waals surface area contributed by atoms with Crippen molar-refractivity contribution < 1.29 is 24.3 Å². The first-order valence-electron chi connectivity index (χ1n) is 11.2. The van der Waals surface area contributed by atoms with E-state index in [4.69, 9.17) is 9.47 Å². The van der Waals surface area contributed by atoms with Crippen molar-refractivity contribution in [2.75, 3.05) is 13.7 Å². The van der Waals surface area contributed by atoms with Gasteiger partial charge in [-0.15, -0.1) is 10.3 Å². The molecule has 33 heavy (non-hydrogen) atoms. The number of alkyl carbamates (subject to hydrolysis) is 1. The van der Waals surface area contributed by atoms with Crippen LogP contribution in [-0.2, 0) is 19.5 Å². The van der Waals surface area contributed by atoms with Gasteiger partial charge >= 0.3 is 12.1 Å². The molecular formula is C26H31N2O5. The van der Waals surface area contributed by atoms with E-state index in [0.29, 0.717) is 6.42 Å². The molecule has 1 fully saturated rings. The molecule has 7 heteroatoms. The lowest BCUT2D eigenvalue weighted by Gasteiger charge is -2.53. The second-order valence-corrected chi connectivity index (χ2v) is 10.0. The predicted octanol–water partition coefficient (Wildman–Crippen LogP) is 4.29. The lowest BCUT2D eigenvalue weighted by molar-refractivity contribution is -0.303. The van der Waals surface area contributed by atoms with E-state index in [-0.39, 0.29) is 12.5 Å². The van der Waals surface area contributed by atoms with Crippen LogP contribution in [-0.4, -0.2) is 48.0 Å². The summed E-state index contributed by atoms with van der Waals surface area (Å²) in [5, 5.41) is 16.7. The normalized spacial score (nSPS) is 23.3. The Bertz CT molecular complexity index is 1020. The van der Waals surface area contributed by atoms with E-state index in [1.165, 1.54) is 7.11 Å². The number of methoxy groups -OCH3 is 1. The number of carbonyl (C=O) groups excluding carboxylic acids is 2. The summed E-state index contributed by atoms with van der Waals surface area (Å²) in [5.74, 6) is -1.41. The monoisotopic (exact) mass is 451 g/mol. The van der Waals surface area contributed by atoms with Gasteiger partial charge in [0.1, 0.15) is 6.61 Å². The molecule has 0 saturated carbocycles. The summed E-state index contributed by atoms with van der Waals surface area (Å²) in [7, 11) is 1.29. The maximum atomic E-state index is 12.9. The van der Waals surface area contributed by atoms with Gasteiger partial charge in [0.05, 0.1) is 18.6 Å². The fraction of sp³-hybridized carbons (Fsp3) is 0.462. The summed E-state index contributed by atoms with van der Waals surface area (Å²) in [4.78, 5) is 25.5. The van der Waals surface area contributed by atoms with Gasteiger partial charge in [-0.25, -0.2) is 4.79 Å². The van der Waals surface area contributed by atoms with Crippen LogP contribution >= 0.6 is 0 Å². The summed E-state index contributed by atoms with van der Waals surface area (Å²) in [5.41, 5.74) is 2.73. The maximum Gasteiger partial charge on any atom is 0.407 e. The third-order valence-electron chi connectivity index (χ3n) is 7.06. The first-order chi connectivity index (χ1) is 15.6. The Morgan fingerprint density at radius 2 is 1.55 bits per heavy atom. The lowest BCUT2D eigenvalue weighted by atomic mass is 9.71. The minimum absolute atomic E-state index is 0.0593. The number of piperidine rings is 1. The van der Waals surface area contributed by atoms with Crippen molar-refractivity contribution in [3.63, 3.8) is 0 Å². The van der Waals surface area contributed by atoms with Crippen molar-refractivity contribution in [1.29, 1.82) is 0 Å². The van der Waals surface area contributed by atoms with Crippen molar-refractivity contribution in [1.82, 2.24) is 10.4 Å². The second kappa shape index (κ2) is 8.47. The predicted molar refractivity (Wildman–Crippen MR) is 123 cm³/mol. The zero-order valence-electron chi connectivity index (χ0n) is 19.8.